The molecular formula is C19H22N2O2. The molecule has 1 fully saturated rings. The molecule has 4 heteroatoms. The number of carbonyl (C=O) groups is 2. The number of β-lactam (4-membered cyclic amide) rings is 1. The number of hydrogen-bond acceptors (Lipinski definition) is 2. The van der Waals surface area contributed by atoms with Crippen LogP contribution in [0.5, 0.6) is 0 Å². The van der Waals surface area contributed by atoms with Gasteiger partial charge >= 0.3 is 0 Å². The minimum atomic E-state index is -0.750. The van der Waals surface area contributed by atoms with Gasteiger partial charge in [-0.1, -0.05) is 49.4 Å². The fourth-order valence-electron chi connectivity index (χ4n) is 3.12. The number of fused-ring (bicyclic) bond motifs is 1. The summed E-state index contributed by atoms with van der Waals surface area (Å²) in [5.41, 5.74) is 0.338. The van der Waals surface area contributed by atoms with Gasteiger partial charge in [0.15, 0.2) is 0 Å². The van der Waals surface area contributed by atoms with E-state index in [9.17, 15) is 9.59 Å². The number of benzene rings is 2. The van der Waals surface area contributed by atoms with Crippen molar-refractivity contribution in [2.24, 2.45) is 0 Å². The molecule has 3 rings (SSSR count). The van der Waals surface area contributed by atoms with Crippen molar-refractivity contribution in [1.29, 1.82) is 0 Å². The molecule has 1 heterocycles. The molecule has 2 aromatic carbocycles. The Morgan fingerprint density at radius 1 is 1.22 bits per heavy atom. The van der Waals surface area contributed by atoms with Crippen LogP contribution in [-0.2, 0) is 16.1 Å². The van der Waals surface area contributed by atoms with E-state index in [0.29, 0.717) is 25.9 Å². The molecular weight excluding hydrogens is 288 g/mol. The second-order valence-electron chi connectivity index (χ2n) is 6.24. The second-order valence-corrected chi connectivity index (χ2v) is 6.24. The summed E-state index contributed by atoms with van der Waals surface area (Å²) in [4.78, 5) is 26.1. The highest BCUT2D eigenvalue weighted by atomic mass is 16.2. The van der Waals surface area contributed by atoms with Crippen LogP contribution in [0.3, 0.4) is 0 Å². The zero-order valence-electron chi connectivity index (χ0n) is 13.6. The summed E-state index contributed by atoms with van der Waals surface area (Å²) in [7, 11) is 0. The van der Waals surface area contributed by atoms with Crippen molar-refractivity contribution in [3.8, 4) is 0 Å². The molecule has 1 aliphatic heterocycles. The molecule has 0 saturated carbocycles. The zero-order valence-corrected chi connectivity index (χ0v) is 13.6. The number of nitrogens with one attached hydrogen (secondary N) is 1. The number of rotatable bonds is 5. The predicted molar refractivity (Wildman–Crippen MR) is 90.8 cm³/mol. The first-order chi connectivity index (χ1) is 11.1. The third-order valence-electron chi connectivity index (χ3n) is 4.94. The molecule has 0 spiro atoms. The lowest BCUT2D eigenvalue weighted by Gasteiger charge is -2.44. The molecule has 2 aromatic rings. The molecule has 0 aliphatic carbocycles. The van der Waals surface area contributed by atoms with E-state index in [4.69, 9.17) is 0 Å². The Balaban J connectivity index is 1.76. The molecule has 1 atom stereocenters. The lowest BCUT2D eigenvalue weighted by Crippen LogP contribution is -2.63. The average Bonchev–Trinajstić information content (AvgIpc) is 2.57. The van der Waals surface area contributed by atoms with Crippen LogP contribution >= 0.6 is 0 Å². The molecule has 2 amide bonds. The molecule has 0 aromatic heterocycles. The van der Waals surface area contributed by atoms with E-state index in [1.54, 1.807) is 4.90 Å². The van der Waals surface area contributed by atoms with Crippen molar-refractivity contribution in [2.45, 2.75) is 38.8 Å². The van der Waals surface area contributed by atoms with Gasteiger partial charge in [0.1, 0.15) is 5.54 Å². The SMILES string of the molecule is CCC(C)(C(=O)NCc1cccc2ccccc12)N1CCC1=O. The van der Waals surface area contributed by atoms with Crippen LogP contribution in [0.2, 0.25) is 0 Å². The Labute approximate surface area is 136 Å². The van der Waals surface area contributed by atoms with Crippen molar-refractivity contribution in [3.63, 3.8) is 0 Å². The van der Waals surface area contributed by atoms with Gasteiger partial charge in [-0.2, -0.15) is 0 Å². The third-order valence-corrected chi connectivity index (χ3v) is 4.94. The van der Waals surface area contributed by atoms with Crippen LogP contribution in [0.4, 0.5) is 0 Å². The summed E-state index contributed by atoms with van der Waals surface area (Å²) < 4.78 is 0. The lowest BCUT2D eigenvalue weighted by atomic mass is 9.91. The Morgan fingerprint density at radius 3 is 2.61 bits per heavy atom. The Hall–Kier alpha value is -2.36. The van der Waals surface area contributed by atoms with E-state index in [1.807, 2.05) is 38.1 Å². The summed E-state index contributed by atoms with van der Waals surface area (Å²) in [6.07, 6.45) is 1.16. The number of nitrogens with zero attached hydrogens (tertiary/aromatic N) is 1. The molecule has 120 valence electrons. The predicted octanol–water partition coefficient (Wildman–Crippen LogP) is 2.86. The molecule has 1 N–H and O–H groups in total. The van der Waals surface area contributed by atoms with Gasteiger partial charge in [0.25, 0.3) is 0 Å². The van der Waals surface area contributed by atoms with Crippen molar-refractivity contribution in [1.82, 2.24) is 10.2 Å². The number of amides is 2. The van der Waals surface area contributed by atoms with Gasteiger partial charge in [0.2, 0.25) is 11.8 Å². The first-order valence-corrected chi connectivity index (χ1v) is 8.11. The molecule has 0 bridgehead atoms. The van der Waals surface area contributed by atoms with Crippen molar-refractivity contribution in [3.05, 3.63) is 48.0 Å². The smallest absolute Gasteiger partial charge is 0.245 e. The van der Waals surface area contributed by atoms with Crippen molar-refractivity contribution in [2.75, 3.05) is 6.54 Å². The van der Waals surface area contributed by atoms with Gasteiger partial charge in [-0.25, -0.2) is 0 Å². The summed E-state index contributed by atoms with van der Waals surface area (Å²) in [6.45, 7) is 4.94. The Kier molecular flexibility index (Phi) is 4.07. The van der Waals surface area contributed by atoms with Crippen LogP contribution in [0.15, 0.2) is 42.5 Å². The summed E-state index contributed by atoms with van der Waals surface area (Å²) in [5.74, 6) is -0.0179. The van der Waals surface area contributed by atoms with Crippen LogP contribution in [-0.4, -0.2) is 28.8 Å². The standard InChI is InChI=1S/C19H22N2O2/c1-3-19(2,21-12-11-17(21)22)18(23)20-13-15-9-6-8-14-7-4-5-10-16(14)15/h4-10H,3,11-13H2,1-2H3,(H,20,23). The van der Waals surface area contributed by atoms with Crippen LogP contribution in [0.25, 0.3) is 10.8 Å². The second kappa shape index (κ2) is 6.03. The van der Waals surface area contributed by atoms with Gasteiger partial charge in [-0.15, -0.1) is 0 Å². The molecule has 1 aliphatic rings. The fourth-order valence-corrected chi connectivity index (χ4v) is 3.12. The molecule has 0 radical (unpaired) electrons. The molecule has 23 heavy (non-hydrogen) atoms. The van der Waals surface area contributed by atoms with E-state index in [-0.39, 0.29) is 11.8 Å². The highest BCUT2D eigenvalue weighted by Gasteiger charge is 2.44. The zero-order chi connectivity index (χ0) is 16.4. The number of hydrogen-bond donors (Lipinski definition) is 1. The lowest BCUT2D eigenvalue weighted by molar-refractivity contribution is -0.156. The van der Waals surface area contributed by atoms with Crippen molar-refractivity contribution < 1.29 is 9.59 Å². The van der Waals surface area contributed by atoms with E-state index in [0.717, 1.165) is 16.3 Å². The first kappa shape index (κ1) is 15.5. The largest absolute Gasteiger partial charge is 0.350 e. The monoisotopic (exact) mass is 310 g/mol. The highest BCUT2D eigenvalue weighted by Crippen LogP contribution is 2.27. The van der Waals surface area contributed by atoms with E-state index in [1.165, 1.54) is 0 Å². The van der Waals surface area contributed by atoms with E-state index < -0.39 is 5.54 Å². The Bertz CT molecular complexity index is 751. The van der Waals surface area contributed by atoms with Crippen LogP contribution in [0.1, 0.15) is 32.3 Å². The van der Waals surface area contributed by atoms with Gasteiger partial charge in [0.05, 0.1) is 0 Å². The van der Waals surface area contributed by atoms with Gasteiger partial charge in [0, 0.05) is 19.5 Å². The van der Waals surface area contributed by atoms with E-state index in [2.05, 4.69) is 23.5 Å². The van der Waals surface area contributed by atoms with Gasteiger partial charge in [-0.05, 0) is 29.7 Å². The van der Waals surface area contributed by atoms with Crippen molar-refractivity contribution >= 4 is 22.6 Å². The maximum atomic E-state index is 12.7. The number of likely N-dealkylation sites (tertiary alicyclic amines) is 1. The minimum absolute atomic E-state index is 0.0645. The van der Waals surface area contributed by atoms with Gasteiger partial charge < -0.3 is 10.2 Å². The fraction of sp³-hybridized carbons (Fsp3) is 0.368. The maximum Gasteiger partial charge on any atom is 0.245 e. The molecule has 1 saturated heterocycles. The topological polar surface area (TPSA) is 49.4 Å². The highest BCUT2D eigenvalue weighted by molar-refractivity contribution is 5.94. The summed E-state index contributed by atoms with van der Waals surface area (Å²) in [5, 5.41) is 5.33. The maximum absolute atomic E-state index is 12.7. The van der Waals surface area contributed by atoms with Crippen LogP contribution < -0.4 is 5.32 Å². The summed E-state index contributed by atoms with van der Waals surface area (Å²) in [6, 6.07) is 14.2. The quantitative estimate of drug-likeness (QED) is 0.863. The Morgan fingerprint density at radius 2 is 1.96 bits per heavy atom. The van der Waals surface area contributed by atoms with E-state index >= 15 is 0 Å². The average molecular weight is 310 g/mol. The van der Waals surface area contributed by atoms with Gasteiger partial charge in [-0.3, -0.25) is 9.59 Å². The third kappa shape index (κ3) is 2.69. The number of carbonyl (C=O) groups excluding carboxylic acids is 2. The minimum Gasteiger partial charge on any atom is -0.350 e. The normalized spacial score (nSPS) is 16.8. The molecule has 1 unspecified atom stereocenters. The molecule has 4 nitrogen and oxygen atoms in total. The summed E-state index contributed by atoms with van der Waals surface area (Å²) >= 11 is 0. The van der Waals surface area contributed by atoms with Crippen LogP contribution in [0, 0.1) is 0 Å². The first-order valence-electron chi connectivity index (χ1n) is 8.11.